The molecule has 1 atom stereocenters. The highest BCUT2D eigenvalue weighted by Crippen LogP contribution is 2.31. The Kier molecular flexibility index (Phi) is 2.85. The van der Waals surface area contributed by atoms with Crippen LogP contribution in [0.1, 0.15) is 26.3 Å². The molecular weight excluding hydrogens is 186 g/mol. The van der Waals surface area contributed by atoms with Crippen molar-refractivity contribution >= 4 is 5.69 Å². The van der Waals surface area contributed by atoms with E-state index in [1.54, 1.807) is 0 Å². The summed E-state index contributed by atoms with van der Waals surface area (Å²) in [5.41, 5.74) is 2.50. The first-order valence-corrected chi connectivity index (χ1v) is 5.74. The molecule has 0 spiro atoms. The van der Waals surface area contributed by atoms with Crippen molar-refractivity contribution in [2.24, 2.45) is 5.92 Å². The zero-order chi connectivity index (χ0) is 10.8. The summed E-state index contributed by atoms with van der Waals surface area (Å²) in [5, 5.41) is 3.44. The Balaban J connectivity index is 2.21. The summed E-state index contributed by atoms with van der Waals surface area (Å²) in [6.07, 6.45) is 1.37. The minimum Gasteiger partial charge on any atom is -0.486 e. The van der Waals surface area contributed by atoms with Crippen molar-refractivity contribution in [3.05, 3.63) is 23.8 Å². The van der Waals surface area contributed by atoms with E-state index in [1.165, 1.54) is 5.56 Å². The van der Waals surface area contributed by atoms with Crippen LogP contribution in [0.2, 0.25) is 0 Å². The molecule has 15 heavy (non-hydrogen) atoms. The zero-order valence-corrected chi connectivity index (χ0v) is 9.71. The number of nitrogens with one attached hydrogen (secondary N) is 1. The third-order valence-electron chi connectivity index (χ3n) is 2.97. The van der Waals surface area contributed by atoms with Gasteiger partial charge in [-0.25, -0.2) is 0 Å². The molecule has 1 aliphatic heterocycles. The van der Waals surface area contributed by atoms with Gasteiger partial charge < -0.3 is 10.1 Å². The van der Waals surface area contributed by atoms with E-state index in [-0.39, 0.29) is 0 Å². The van der Waals surface area contributed by atoms with Crippen LogP contribution in [0.3, 0.4) is 0 Å². The number of hydrogen-bond acceptors (Lipinski definition) is 2. The third-order valence-corrected chi connectivity index (χ3v) is 2.97. The first-order valence-electron chi connectivity index (χ1n) is 5.74. The molecule has 0 amide bonds. The van der Waals surface area contributed by atoms with Gasteiger partial charge in [-0.15, -0.1) is 0 Å². The van der Waals surface area contributed by atoms with E-state index < -0.39 is 0 Å². The standard InChI is InChI=1S/C13H19NO/c1-4-10-5-6-12-11(7-10)14-8-13(15-12)9(2)3/h5-7,9,13-14H,4,8H2,1-3H3. The molecular formula is C13H19NO. The predicted molar refractivity (Wildman–Crippen MR) is 63.6 cm³/mol. The van der Waals surface area contributed by atoms with Gasteiger partial charge in [0, 0.05) is 0 Å². The fourth-order valence-electron chi connectivity index (χ4n) is 1.83. The van der Waals surface area contributed by atoms with Gasteiger partial charge in [-0.2, -0.15) is 0 Å². The van der Waals surface area contributed by atoms with E-state index in [4.69, 9.17) is 4.74 Å². The summed E-state index contributed by atoms with van der Waals surface area (Å²) in [7, 11) is 0. The van der Waals surface area contributed by atoms with Crippen LogP contribution >= 0.6 is 0 Å². The number of fused-ring (bicyclic) bond motifs is 1. The number of rotatable bonds is 2. The lowest BCUT2D eigenvalue weighted by Gasteiger charge is -2.30. The first kappa shape index (κ1) is 10.3. The Morgan fingerprint density at radius 3 is 2.93 bits per heavy atom. The van der Waals surface area contributed by atoms with Crippen LogP contribution in [0.4, 0.5) is 5.69 Å². The third kappa shape index (κ3) is 2.09. The molecule has 82 valence electrons. The van der Waals surface area contributed by atoms with Crippen molar-refractivity contribution in [3.8, 4) is 5.75 Å². The molecule has 1 aliphatic rings. The summed E-state index contributed by atoms with van der Waals surface area (Å²) in [4.78, 5) is 0. The molecule has 1 unspecified atom stereocenters. The Morgan fingerprint density at radius 1 is 1.47 bits per heavy atom. The van der Waals surface area contributed by atoms with Crippen molar-refractivity contribution in [3.63, 3.8) is 0 Å². The van der Waals surface area contributed by atoms with Gasteiger partial charge in [-0.3, -0.25) is 0 Å². The molecule has 2 heteroatoms. The van der Waals surface area contributed by atoms with Crippen LogP contribution in [0.15, 0.2) is 18.2 Å². The lowest BCUT2D eigenvalue weighted by molar-refractivity contribution is 0.156. The average molecular weight is 205 g/mol. The molecule has 0 saturated heterocycles. The van der Waals surface area contributed by atoms with Gasteiger partial charge in [0.25, 0.3) is 0 Å². The van der Waals surface area contributed by atoms with E-state index in [0.29, 0.717) is 12.0 Å². The van der Waals surface area contributed by atoms with Crippen molar-refractivity contribution in [1.82, 2.24) is 0 Å². The topological polar surface area (TPSA) is 21.3 Å². The monoisotopic (exact) mass is 205 g/mol. The number of benzene rings is 1. The molecule has 0 bridgehead atoms. The number of hydrogen-bond donors (Lipinski definition) is 1. The summed E-state index contributed by atoms with van der Waals surface area (Å²) >= 11 is 0. The van der Waals surface area contributed by atoms with Crippen LogP contribution in [0.25, 0.3) is 0 Å². The quantitative estimate of drug-likeness (QED) is 0.801. The normalized spacial score (nSPS) is 19.3. The molecule has 1 aromatic rings. The van der Waals surface area contributed by atoms with Crippen LogP contribution in [0.5, 0.6) is 5.75 Å². The summed E-state index contributed by atoms with van der Waals surface area (Å²) in [6, 6.07) is 6.41. The number of anilines is 1. The average Bonchev–Trinajstić information content (AvgIpc) is 2.27. The Bertz CT molecular complexity index is 346. The Morgan fingerprint density at radius 2 is 2.27 bits per heavy atom. The van der Waals surface area contributed by atoms with Gasteiger partial charge in [0.1, 0.15) is 11.9 Å². The van der Waals surface area contributed by atoms with Gasteiger partial charge in [-0.1, -0.05) is 26.8 Å². The molecule has 0 fully saturated rings. The SMILES string of the molecule is CCc1ccc2c(c1)NCC(C(C)C)O2. The first-order chi connectivity index (χ1) is 7.20. The van der Waals surface area contributed by atoms with Crippen molar-refractivity contribution < 1.29 is 4.74 Å². The highest BCUT2D eigenvalue weighted by Gasteiger charge is 2.21. The summed E-state index contributed by atoms with van der Waals surface area (Å²) in [6.45, 7) is 7.47. The van der Waals surface area contributed by atoms with Crippen LogP contribution in [-0.4, -0.2) is 12.6 Å². The van der Waals surface area contributed by atoms with Crippen molar-refractivity contribution in [1.29, 1.82) is 0 Å². The number of ether oxygens (including phenoxy) is 1. The molecule has 0 aromatic heterocycles. The van der Waals surface area contributed by atoms with Crippen LogP contribution in [0, 0.1) is 5.92 Å². The zero-order valence-electron chi connectivity index (χ0n) is 9.71. The summed E-state index contributed by atoms with van der Waals surface area (Å²) in [5.74, 6) is 1.55. The molecule has 1 aromatic carbocycles. The largest absolute Gasteiger partial charge is 0.486 e. The Hall–Kier alpha value is -1.18. The molecule has 0 radical (unpaired) electrons. The van der Waals surface area contributed by atoms with Gasteiger partial charge >= 0.3 is 0 Å². The second-order valence-electron chi connectivity index (χ2n) is 4.47. The predicted octanol–water partition coefficient (Wildman–Crippen LogP) is 3.08. The highest BCUT2D eigenvalue weighted by atomic mass is 16.5. The fraction of sp³-hybridized carbons (Fsp3) is 0.538. The van der Waals surface area contributed by atoms with E-state index in [1.807, 2.05) is 0 Å². The minimum absolute atomic E-state index is 0.296. The smallest absolute Gasteiger partial charge is 0.142 e. The maximum Gasteiger partial charge on any atom is 0.142 e. The second-order valence-corrected chi connectivity index (χ2v) is 4.47. The molecule has 1 heterocycles. The van der Waals surface area contributed by atoms with E-state index in [9.17, 15) is 0 Å². The van der Waals surface area contributed by atoms with E-state index in [2.05, 4.69) is 44.3 Å². The van der Waals surface area contributed by atoms with Gasteiger partial charge in [-0.05, 0) is 30.0 Å². The van der Waals surface area contributed by atoms with Crippen LogP contribution < -0.4 is 10.1 Å². The lowest BCUT2D eigenvalue weighted by Crippen LogP contribution is -2.34. The molecule has 0 aliphatic carbocycles. The minimum atomic E-state index is 0.296. The van der Waals surface area contributed by atoms with Gasteiger partial charge in [0.2, 0.25) is 0 Å². The van der Waals surface area contributed by atoms with Gasteiger partial charge in [0.05, 0.1) is 12.2 Å². The van der Waals surface area contributed by atoms with Gasteiger partial charge in [0.15, 0.2) is 0 Å². The van der Waals surface area contributed by atoms with Crippen molar-refractivity contribution in [2.75, 3.05) is 11.9 Å². The highest BCUT2D eigenvalue weighted by molar-refractivity contribution is 5.59. The van der Waals surface area contributed by atoms with E-state index in [0.717, 1.165) is 24.4 Å². The molecule has 2 nitrogen and oxygen atoms in total. The lowest BCUT2D eigenvalue weighted by atomic mass is 10.0. The van der Waals surface area contributed by atoms with E-state index >= 15 is 0 Å². The molecule has 1 N–H and O–H groups in total. The van der Waals surface area contributed by atoms with Crippen LogP contribution in [-0.2, 0) is 6.42 Å². The molecule has 2 rings (SSSR count). The fourth-order valence-corrected chi connectivity index (χ4v) is 1.83. The maximum absolute atomic E-state index is 5.93. The van der Waals surface area contributed by atoms with Crippen molar-refractivity contribution in [2.45, 2.75) is 33.3 Å². The maximum atomic E-state index is 5.93. The second kappa shape index (κ2) is 4.13. The summed E-state index contributed by atoms with van der Waals surface area (Å²) < 4.78 is 5.93. The molecule has 0 saturated carbocycles. The number of aryl methyl sites for hydroxylation is 1. The Labute approximate surface area is 91.6 Å².